The Bertz CT molecular complexity index is 573. The van der Waals surface area contributed by atoms with Crippen molar-refractivity contribution >= 4 is 17.5 Å². The van der Waals surface area contributed by atoms with Gasteiger partial charge in [0.1, 0.15) is 23.8 Å². The highest BCUT2D eigenvalue weighted by molar-refractivity contribution is 5.50. The fourth-order valence-corrected chi connectivity index (χ4v) is 2.68. The molecule has 2 aromatic heterocycles. The van der Waals surface area contributed by atoms with Gasteiger partial charge in [0.25, 0.3) is 0 Å². The predicted octanol–water partition coefficient (Wildman–Crippen LogP) is 1.99. The maximum Gasteiger partial charge on any atom is 0.134 e. The molecule has 0 saturated carbocycles. The fraction of sp³-hybridized carbons (Fsp3) is 0.400. The normalized spacial score (nSPS) is 17.8. The third-order valence-corrected chi connectivity index (χ3v) is 3.76. The number of nitrogens with zero attached hydrogens (tertiary/aromatic N) is 4. The molecule has 6 nitrogen and oxygen atoms in total. The van der Waals surface area contributed by atoms with Crippen molar-refractivity contribution in [1.29, 1.82) is 0 Å². The van der Waals surface area contributed by atoms with Crippen LogP contribution in [-0.4, -0.2) is 41.1 Å². The van der Waals surface area contributed by atoms with Crippen molar-refractivity contribution in [2.24, 2.45) is 0 Å². The van der Waals surface area contributed by atoms with Crippen LogP contribution in [0.3, 0.4) is 0 Å². The molecule has 1 saturated heterocycles. The number of hydrogen-bond donors (Lipinski definition) is 2. The third kappa shape index (κ3) is 3.21. The average molecular weight is 284 g/mol. The van der Waals surface area contributed by atoms with E-state index in [2.05, 4.69) is 30.5 Å². The summed E-state index contributed by atoms with van der Waals surface area (Å²) < 4.78 is 0. The first-order valence-corrected chi connectivity index (χ1v) is 7.28. The Kier molecular flexibility index (Phi) is 4.14. The topological polar surface area (TPSA) is 66.0 Å². The summed E-state index contributed by atoms with van der Waals surface area (Å²) in [7, 11) is 1.87. The van der Waals surface area contributed by atoms with Gasteiger partial charge in [0.2, 0.25) is 0 Å². The van der Waals surface area contributed by atoms with Crippen LogP contribution in [-0.2, 0) is 0 Å². The number of nitrogens with one attached hydrogen (secondary N) is 2. The second-order valence-electron chi connectivity index (χ2n) is 5.10. The van der Waals surface area contributed by atoms with Crippen molar-refractivity contribution in [2.75, 3.05) is 35.7 Å². The number of pyridine rings is 1. The lowest BCUT2D eigenvalue weighted by Crippen LogP contribution is -2.35. The van der Waals surface area contributed by atoms with Crippen molar-refractivity contribution in [2.45, 2.75) is 18.9 Å². The van der Waals surface area contributed by atoms with Crippen LogP contribution in [0.15, 0.2) is 36.8 Å². The van der Waals surface area contributed by atoms with Crippen molar-refractivity contribution < 1.29 is 0 Å². The molecule has 0 spiro atoms. The van der Waals surface area contributed by atoms with Crippen LogP contribution in [0.4, 0.5) is 17.5 Å². The summed E-state index contributed by atoms with van der Waals surface area (Å²) in [5.74, 6) is 2.76. The zero-order valence-electron chi connectivity index (χ0n) is 12.2. The Morgan fingerprint density at radius 1 is 1.24 bits per heavy atom. The molecule has 0 bridgehead atoms. The molecule has 6 heteroatoms. The Morgan fingerprint density at radius 2 is 2.19 bits per heavy atom. The summed E-state index contributed by atoms with van der Waals surface area (Å²) >= 11 is 0. The van der Waals surface area contributed by atoms with Gasteiger partial charge in [-0.2, -0.15) is 0 Å². The van der Waals surface area contributed by atoms with Crippen LogP contribution in [0.25, 0.3) is 0 Å². The van der Waals surface area contributed by atoms with E-state index in [9.17, 15) is 0 Å². The summed E-state index contributed by atoms with van der Waals surface area (Å²) in [6.07, 6.45) is 5.77. The van der Waals surface area contributed by atoms with E-state index in [1.54, 1.807) is 12.5 Å². The summed E-state index contributed by atoms with van der Waals surface area (Å²) in [6.45, 7) is 1.91. The molecule has 3 heterocycles. The van der Waals surface area contributed by atoms with Gasteiger partial charge >= 0.3 is 0 Å². The van der Waals surface area contributed by atoms with Gasteiger partial charge in [-0.15, -0.1) is 0 Å². The minimum Gasteiger partial charge on any atom is -0.373 e. The van der Waals surface area contributed by atoms with Crippen LogP contribution >= 0.6 is 0 Å². The van der Waals surface area contributed by atoms with Gasteiger partial charge < -0.3 is 15.5 Å². The Labute approximate surface area is 124 Å². The quantitative estimate of drug-likeness (QED) is 0.875. The lowest BCUT2D eigenvalue weighted by molar-refractivity contribution is 0.689. The van der Waals surface area contributed by atoms with Crippen LogP contribution in [0, 0.1) is 0 Å². The number of hydrogen-bond acceptors (Lipinski definition) is 6. The van der Waals surface area contributed by atoms with Gasteiger partial charge in [-0.25, -0.2) is 15.0 Å². The van der Waals surface area contributed by atoms with Gasteiger partial charge in [0.15, 0.2) is 0 Å². The summed E-state index contributed by atoms with van der Waals surface area (Å²) in [4.78, 5) is 15.2. The molecule has 2 N–H and O–H groups in total. The molecule has 3 rings (SSSR count). The molecule has 1 unspecified atom stereocenters. The summed E-state index contributed by atoms with van der Waals surface area (Å²) in [6, 6.07) is 8.34. The van der Waals surface area contributed by atoms with Crippen molar-refractivity contribution in [3.8, 4) is 0 Å². The van der Waals surface area contributed by atoms with E-state index in [1.807, 2.05) is 31.3 Å². The standard InChI is InChI=1S/C15H20N6/c1-16-14-9-15(20-11-19-14)21-8-4-5-12(21)10-18-13-6-2-3-7-17-13/h2-3,6-7,9,11-12H,4-5,8,10H2,1H3,(H,17,18)(H,16,19,20). The van der Waals surface area contributed by atoms with Crippen molar-refractivity contribution in [3.63, 3.8) is 0 Å². The van der Waals surface area contributed by atoms with Gasteiger partial charge in [-0.3, -0.25) is 0 Å². The summed E-state index contributed by atoms with van der Waals surface area (Å²) in [5, 5.41) is 6.46. The van der Waals surface area contributed by atoms with E-state index in [4.69, 9.17) is 0 Å². The van der Waals surface area contributed by atoms with Crippen LogP contribution < -0.4 is 15.5 Å². The molecule has 1 aliphatic rings. The van der Waals surface area contributed by atoms with Gasteiger partial charge in [0.05, 0.1) is 0 Å². The van der Waals surface area contributed by atoms with Gasteiger partial charge in [-0.1, -0.05) is 6.07 Å². The first kappa shape index (κ1) is 13.6. The molecule has 2 aromatic rings. The molecule has 1 atom stereocenters. The van der Waals surface area contributed by atoms with E-state index in [-0.39, 0.29) is 0 Å². The lowest BCUT2D eigenvalue weighted by atomic mass is 10.2. The zero-order valence-corrected chi connectivity index (χ0v) is 12.2. The monoisotopic (exact) mass is 284 g/mol. The average Bonchev–Trinajstić information content (AvgIpc) is 3.02. The molecule has 0 amide bonds. The van der Waals surface area contributed by atoms with Crippen molar-refractivity contribution in [1.82, 2.24) is 15.0 Å². The Morgan fingerprint density at radius 3 is 3.00 bits per heavy atom. The SMILES string of the molecule is CNc1cc(N2CCCC2CNc2ccccn2)ncn1. The number of aromatic nitrogens is 3. The molecule has 21 heavy (non-hydrogen) atoms. The van der Waals surface area contributed by atoms with Crippen LogP contribution in [0.2, 0.25) is 0 Å². The molecule has 0 aromatic carbocycles. The Balaban J connectivity index is 1.67. The van der Waals surface area contributed by atoms with Crippen molar-refractivity contribution in [3.05, 3.63) is 36.8 Å². The molecule has 1 fully saturated rings. The van der Waals surface area contributed by atoms with Gasteiger partial charge in [0, 0.05) is 38.4 Å². The van der Waals surface area contributed by atoms with Crippen LogP contribution in [0.5, 0.6) is 0 Å². The highest BCUT2D eigenvalue weighted by Gasteiger charge is 2.25. The number of anilines is 3. The molecule has 110 valence electrons. The maximum atomic E-state index is 4.41. The minimum atomic E-state index is 0.437. The van der Waals surface area contributed by atoms with E-state index in [1.165, 1.54) is 12.8 Å². The molecule has 1 aliphatic heterocycles. The first-order valence-electron chi connectivity index (χ1n) is 7.28. The molecule has 0 radical (unpaired) electrons. The number of rotatable bonds is 5. The van der Waals surface area contributed by atoms with E-state index < -0.39 is 0 Å². The molecular weight excluding hydrogens is 264 g/mol. The highest BCUT2D eigenvalue weighted by atomic mass is 15.3. The largest absolute Gasteiger partial charge is 0.373 e. The minimum absolute atomic E-state index is 0.437. The van der Waals surface area contributed by atoms with Crippen LogP contribution in [0.1, 0.15) is 12.8 Å². The first-order chi connectivity index (χ1) is 10.4. The van der Waals surface area contributed by atoms with E-state index in [0.717, 1.165) is 30.5 Å². The predicted molar refractivity (Wildman–Crippen MR) is 84.7 cm³/mol. The van der Waals surface area contributed by atoms with Gasteiger partial charge in [-0.05, 0) is 25.0 Å². The summed E-state index contributed by atoms with van der Waals surface area (Å²) in [5.41, 5.74) is 0. The molecule has 0 aliphatic carbocycles. The smallest absolute Gasteiger partial charge is 0.134 e. The zero-order chi connectivity index (χ0) is 14.5. The second kappa shape index (κ2) is 6.39. The fourth-order valence-electron chi connectivity index (χ4n) is 2.68. The Hall–Kier alpha value is -2.37. The lowest BCUT2D eigenvalue weighted by Gasteiger charge is -2.26. The van der Waals surface area contributed by atoms with E-state index in [0.29, 0.717) is 6.04 Å². The highest BCUT2D eigenvalue weighted by Crippen LogP contribution is 2.25. The maximum absolute atomic E-state index is 4.41. The second-order valence-corrected chi connectivity index (χ2v) is 5.10. The third-order valence-electron chi connectivity index (χ3n) is 3.76. The van der Waals surface area contributed by atoms with E-state index >= 15 is 0 Å². The molecular formula is C15H20N6.